The van der Waals surface area contributed by atoms with Crippen molar-refractivity contribution in [1.29, 1.82) is 0 Å². The van der Waals surface area contributed by atoms with Crippen molar-refractivity contribution in [1.82, 2.24) is 9.91 Å². The molecule has 1 aliphatic heterocycles. The summed E-state index contributed by atoms with van der Waals surface area (Å²) in [7, 11) is 0. The zero-order valence-corrected chi connectivity index (χ0v) is 10.7. The molecule has 0 aromatic rings. The van der Waals surface area contributed by atoms with E-state index < -0.39 is 0 Å². The van der Waals surface area contributed by atoms with Crippen molar-refractivity contribution in [3.63, 3.8) is 0 Å². The Morgan fingerprint density at radius 2 is 2.23 bits per heavy atom. The normalized spacial score (nSPS) is 22.1. The maximum Gasteiger partial charge on any atom is 0.171 e. The Kier molecular flexibility index (Phi) is 4.28. The van der Waals surface area contributed by atoms with Crippen LogP contribution >= 0.6 is 22.6 Å². The highest BCUT2D eigenvalue weighted by Gasteiger charge is 2.25. The van der Waals surface area contributed by atoms with Gasteiger partial charge < -0.3 is 4.90 Å². The Hall–Kier alpha value is 0. The van der Waals surface area contributed by atoms with E-state index in [1.807, 2.05) is 6.34 Å². The lowest BCUT2D eigenvalue weighted by atomic mass is 10.3. The number of unbranched alkanes of at least 4 members (excludes halogenated alkanes) is 1. The van der Waals surface area contributed by atoms with Crippen LogP contribution in [0, 0.1) is 0 Å². The standard InChI is InChI=1S/C9H18IN3/c1-4-5-6-13-9(10)12(7-11-13)8(2)3/h7-9H,4-6H2,1-3H3. The quantitative estimate of drug-likeness (QED) is 0.451. The molecular formula is C9H18IN3. The van der Waals surface area contributed by atoms with E-state index in [1.165, 1.54) is 12.8 Å². The lowest BCUT2D eigenvalue weighted by Gasteiger charge is -2.28. The smallest absolute Gasteiger partial charge is 0.171 e. The minimum Gasteiger partial charge on any atom is -0.329 e. The van der Waals surface area contributed by atoms with E-state index in [4.69, 9.17) is 0 Å². The molecule has 1 heterocycles. The molecule has 0 fully saturated rings. The molecular weight excluding hydrogens is 277 g/mol. The zero-order valence-electron chi connectivity index (χ0n) is 8.57. The van der Waals surface area contributed by atoms with Gasteiger partial charge in [0.05, 0.1) is 0 Å². The van der Waals surface area contributed by atoms with Gasteiger partial charge in [-0.25, -0.2) is 0 Å². The minimum atomic E-state index is 0.407. The first-order valence-corrected chi connectivity index (χ1v) is 6.13. The highest BCUT2D eigenvalue weighted by molar-refractivity contribution is 14.1. The van der Waals surface area contributed by atoms with Gasteiger partial charge in [-0.2, -0.15) is 5.10 Å². The Bertz CT molecular complexity index is 182. The molecule has 3 nitrogen and oxygen atoms in total. The van der Waals surface area contributed by atoms with Crippen LogP contribution in [-0.4, -0.2) is 33.0 Å². The van der Waals surface area contributed by atoms with Crippen LogP contribution in [0.1, 0.15) is 33.6 Å². The summed E-state index contributed by atoms with van der Waals surface area (Å²) < 4.78 is 0.407. The number of hydrogen-bond acceptors (Lipinski definition) is 3. The Labute approximate surface area is 94.3 Å². The molecule has 0 spiro atoms. The van der Waals surface area contributed by atoms with Crippen LogP contribution < -0.4 is 0 Å². The average Bonchev–Trinajstić information content (AvgIpc) is 2.43. The van der Waals surface area contributed by atoms with Gasteiger partial charge in [-0.1, -0.05) is 13.3 Å². The highest BCUT2D eigenvalue weighted by atomic mass is 127. The Morgan fingerprint density at radius 1 is 1.54 bits per heavy atom. The number of alkyl halides is 1. The number of hydrogen-bond donors (Lipinski definition) is 0. The maximum atomic E-state index is 4.38. The second-order valence-corrected chi connectivity index (χ2v) is 4.71. The summed E-state index contributed by atoms with van der Waals surface area (Å²) in [6.45, 7) is 7.67. The van der Waals surface area contributed by atoms with Crippen LogP contribution in [-0.2, 0) is 0 Å². The van der Waals surface area contributed by atoms with Gasteiger partial charge in [0.25, 0.3) is 0 Å². The van der Waals surface area contributed by atoms with Gasteiger partial charge in [-0.05, 0) is 42.9 Å². The zero-order chi connectivity index (χ0) is 9.84. The monoisotopic (exact) mass is 295 g/mol. The van der Waals surface area contributed by atoms with Gasteiger partial charge in [0.2, 0.25) is 0 Å². The van der Waals surface area contributed by atoms with Crippen LogP contribution in [0.4, 0.5) is 0 Å². The van der Waals surface area contributed by atoms with Crippen molar-refractivity contribution in [2.75, 3.05) is 6.54 Å². The molecule has 1 atom stereocenters. The first-order chi connectivity index (χ1) is 6.16. The largest absolute Gasteiger partial charge is 0.329 e. The van der Waals surface area contributed by atoms with Crippen molar-refractivity contribution in [3.05, 3.63) is 0 Å². The molecule has 0 N–H and O–H groups in total. The topological polar surface area (TPSA) is 18.8 Å². The summed E-state index contributed by atoms with van der Waals surface area (Å²) in [4.78, 5) is 2.27. The second-order valence-electron chi connectivity index (χ2n) is 3.60. The number of rotatable bonds is 4. The lowest BCUT2D eigenvalue weighted by Crippen LogP contribution is -2.39. The molecule has 1 rings (SSSR count). The number of nitrogens with zero attached hydrogens (tertiary/aromatic N) is 3. The van der Waals surface area contributed by atoms with Crippen molar-refractivity contribution in [2.24, 2.45) is 5.10 Å². The molecule has 1 unspecified atom stereocenters. The van der Waals surface area contributed by atoms with Crippen LogP contribution in [0.15, 0.2) is 5.10 Å². The average molecular weight is 295 g/mol. The van der Waals surface area contributed by atoms with Gasteiger partial charge >= 0.3 is 0 Å². The SMILES string of the molecule is CCCCN1N=CN(C(C)C)C1I. The third-order valence-corrected chi connectivity index (χ3v) is 3.45. The predicted molar refractivity (Wildman–Crippen MR) is 64.9 cm³/mol. The fourth-order valence-electron chi connectivity index (χ4n) is 1.25. The van der Waals surface area contributed by atoms with E-state index in [1.54, 1.807) is 0 Å². The van der Waals surface area contributed by atoms with Crippen molar-refractivity contribution in [3.8, 4) is 0 Å². The lowest BCUT2D eigenvalue weighted by molar-refractivity contribution is 0.195. The maximum absolute atomic E-state index is 4.38. The molecule has 0 aromatic carbocycles. The predicted octanol–water partition coefficient (Wildman–Crippen LogP) is 2.47. The Morgan fingerprint density at radius 3 is 2.69 bits per heavy atom. The van der Waals surface area contributed by atoms with Crippen molar-refractivity contribution >= 4 is 28.9 Å². The summed E-state index contributed by atoms with van der Waals surface area (Å²) in [5, 5.41) is 6.54. The van der Waals surface area contributed by atoms with E-state index in [-0.39, 0.29) is 0 Å². The summed E-state index contributed by atoms with van der Waals surface area (Å²) >= 11 is 2.44. The third kappa shape index (κ3) is 2.72. The van der Waals surface area contributed by atoms with Gasteiger partial charge in [0.15, 0.2) is 4.17 Å². The van der Waals surface area contributed by atoms with E-state index in [9.17, 15) is 0 Å². The van der Waals surface area contributed by atoms with E-state index in [0.29, 0.717) is 10.2 Å². The molecule has 76 valence electrons. The van der Waals surface area contributed by atoms with E-state index >= 15 is 0 Å². The first kappa shape index (κ1) is 11.1. The number of halogens is 1. The highest BCUT2D eigenvalue weighted by Crippen LogP contribution is 2.21. The minimum absolute atomic E-state index is 0.407. The van der Waals surface area contributed by atoms with Crippen molar-refractivity contribution < 1.29 is 0 Å². The van der Waals surface area contributed by atoms with Crippen molar-refractivity contribution in [2.45, 2.75) is 43.8 Å². The molecule has 0 aliphatic carbocycles. The fraction of sp³-hybridized carbons (Fsp3) is 0.889. The fourth-order valence-corrected chi connectivity index (χ4v) is 2.46. The second kappa shape index (κ2) is 5.02. The Balaban J connectivity index is 2.41. The molecule has 0 saturated carbocycles. The third-order valence-electron chi connectivity index (χ3n) is 2.16. The first-order valence-electron chi connectivity index (χ1n) is 4.89. The van der Waals surface area contributed by atoms with Crippen LogP contribution in [0.2, 0.25) is 0 Å². The molecule has 0 bridgehead atoms. The van der Waals surface area contributed by atoms with Crippen LogP contribution in [0.5, 0.6) is 0 Å². The molecule has 13 heavy (non-hydrogen) atoms. The summed E-state index contributed by atoms with van der Waals surface area (Å²) in [5.41, 5.74) is 0. The molecule has 4 heteroatoms. The van der Waals surface area contributed by atoms with Crippen LogP contribution in [0.25, 0.3) is 0 Å². The van der Waals surface area contributed by atoms with Gasteiger partial charge in [0.1, 0.15) is 6.34 Å². The van der Waals surface area contributed by atoms with E-state index in [2.05, 4.69) is 58.4 Å². The van der Waals surface area contributed by atoms with E-state index in [0.717, 1.165) is 6.54 Å². The molecule has 1 aliphatic rings. The summed E-state index contributed by atoms with van der Waals surface area (Å²) in [5.74, 6) is 0. The molecule has 0 radical (unpaired) electrons. The summed E-state index contributed by atoms with van der Waals surface area (Å²) in [6.07, 6.45) is 4.41. The summed E-state index contributed by atoms with van der Waals surface area (Å²) in [6, 6.07) is 0.539. The van der Waals surface area contributed by atoms with Gasteiger partial charge in [-0.3, -0.25) is 5.01 Å². The molecule has 0 aromatic heterocycles. The molecule has 0 saturated heterocycles. The van der Waals surface area contributed by atoms with Crippen LogP contribution in [0.3, 0.4) is 0 Å². The van der Waals surface area contributed by atoms with Gasteiger partial charge in [0, 0.05) is 12.6 Å². The molecule has 0 amide bonds. The number of hydrazone groups is 1. The van der Waals surface area contributed by atoms with Gasteiger partial charge in [-0.15, -0.1) is 0 Å².